The molecule has 0 unspecified atom stereocenters. The summed E-state index contributed by atoms with van der Waals surface area (Å²) in [5, 5.41) is 9.24. The van der Waals surface area contributed by atoms with Gasteiger partial charge in [0.25, 0.3) is 5.91 Å². The average Bonchev–Trinajstić information content (AvgIpc) is 2.46. The highest BCUT2D eigenvalue weighted by atomic mass is 19.1. The molecule has 1 N–H and O–H groups in total. The van der Waals surface area contributed by atoms with Gasteiger partial charge < -0.3 is 14.7 Å². The van der Waals surface area contributed by atoms with Crippen LogP contribution in [0.15, 0.2) is 42.5 Å². The molecule has 20 heavy (non-hydrogen) atoms. The summed E-state index contributed by atoms with van der Waals surface area (Å²) in [6.07, 6.45) is 0. The highest BCUT2D eigenvalue weighted by Gasteiger charge is 2.21. The molecular weight excluding hydrogens is 261 g/mol. The Balaban J connectivity index is 2.38. The Morgan fingerprint density at radius 2 is 1.85 bits per heavy atom. The molecule has 104 valence electrons. The van der Waals surface area contributed by atoms with Gasteiger partial charge >= 0.3 is 0 Å². The number of amides is 1. The van der Waals surface area contributed by atoms with Crippen LogP contribution in [-0.2, 0) is 0 Å². The molecule has 2 aromatic carbocycles. The van der Waals surface area contributed by atoms with Gasteiger partial charge in [0.2, 0.25) is 0 Å². The molecule has 0 aromatic heterocycles. The van der Waals surface area contributed by atoms with Crippen LogP contribution < -0.4 is 9.64 Å². The Kier molecular flexibility index (Phi) is 3.89. The first kappa shape index (κ1) is 13.9. The molecule has 5 heteroatoms. The van der Waals surface area contributed by atoms with Crippen molar-refractivity contribution in [1.82, 2.24) is 0 Å². The number of methoxy groups -OCH3 is 1. The monoisotopic (exact) mass is 275 g/mol. The number of ether oxygens (including phenoxy) is 1. The predicted octanol–water partition coefficient (Wildman–Crippen LogP) is 2.82. The van der Waals surface area contributed by atoms with Gasteiger partial charge in [-0.05, 0) is 36.4 Å². The van der Waals surface area contributed by atoms with Crippen LogP contribution in [0, 0.1) is 5.82 Å². The van der Waals surface area contributed by atoms with E-state index >= 15 is 0 Å². The topological polar surface area (TPSA) is 49.8 Å². The van der Waals surface area contributed by atoms with Crippen molar-refractivity contribution in [3.63, 3.8) is 0 Å². The zero-order valence-corrected chi connectivity index (χ0v) is 11.1. The third-order valence-corrected chi connectivity index (χ3v) is 2.95. The maximum atomic E-state index is 13.9. The standard InChI is InChI=1S/C15H14FNO3/c1-17(10-6-8-11(18)9-7-10)15(19)14-12(16)4-3-5-13(14)20-2/h3-9,18H,1-2H3. The number of anilines is 1. The van der Waals surface area contributed by atoms with Crippen molar-refractivity contribution in [2.45, 2.75) is 0 Å². The number of hydrogen-bond acceptors (Lipinski definition) is 3. The molecule has 0 heterocycles. The fourth-order valence-corrected chi connectivity index (χ4v) is 1.84. The lowest BCUT2D eigenvalue weighted by atomic mass is 10.1. The molecule has 0 aliphatic heterocycles. The van der Waals surface area contributed by atoms with Crippen LogP contribution in [0.3, 0.4) is 0 Å². The summed E-state index contributed by atoms with van der Waals surface area (Å²) in [7, 11) is 2.91. The zero-order valence-electron chi connectivity index (χ0n) is 11.1. The van der Waals surface area contributed by atoms with Gasteiger partial charge in [0.15, 0.2) is 0 Å². The number of nitrogens with zero attached hydrogens (tertiary/aromatic N) is 1. The van der Waals surface area contributed by atoms with Crippen molar-refractivity contribution in [3.8, 4) is 11.5 Å². The van der Waals surface area contributed by atoms with Crippen molar-refractivity contribution >= 4 is 11.6 Å². The summed E-state index contributed by atoms with van der Waals surface area (Å²) in [6.45, 7) is 0. The van der Waals surface area contributed by atoms with Gasteiger partial charge in [-0.2, -0.15) is 0 Å². The molecule has 0 radical (unpaired) electrons. The van der Waals surface area contributed by atoms with E-state index in [9.17, 15) is 14.3 Å². The van der Waals surface area contributed by atoms with Crippen molar-refractivity contribution in [1.29, 1.82) is 0 Å². The summed E-state index contributed by atoms with van der Waals surface area (Å²) in [5.41, 5.74) is 0.420. The van der Waals surface area contributed by atoms with Crippen LogP contribution in [0.4, 0.5) is 10.1 Å². The Morgan fingerprint density at radius 3 is 2.45 bits per heavy atom. The fraction of sp³-hybridized carbons (Fsp3) is 0.133. The molecule has 0 spiro atoms. The van der Waals surface area contributed by atoms with E-state index < -0.39 is 11.7 Å². The number of halogens is 1. The van der Waals surface area contributed by atoms with E-state index in [1.54, 1.807) is 12.1 Å². The second-order valence-corrected chi connectivity index (χ2v) is 4.20. The summed E-state index contributed by atoms with van der Waals surface area (Å²) in [4.78, 5) is 13.7. The van der Waals surface area contributed by atoms with Crippen molar-refractivity contribution < 1.29 is 19.0 Å². The number of hydrogen-bond donors (Lipinski definition) is 1. The lowest BCUT2D eigenvalue weighted by Gasteiger charge is -2.19. The second-order valence-electron chi connectivity index (χ2n) is 4.20. The van der Waals surface area contributed by atoms with E-state index in [4.69, 9.17) is 4.74 Å². The molecule has 0 fully saturated rings. The van der Waals surface area contributed by atoms with Gasteiger partial charge in [-0.3, -0.25) is 4.79 Å². The van der Waals surface area contributed by atoms with Gasteiger partial charge in [0.05, 0.1) is 7.11 Å². The first-order valence-corrected chi connectivity index (χ1v) is 5.94. The number of benzene rings is 2. The maximum Gasteiger partial charge on any atom is 0.264 e. The van der Waals surface area contributed by atoms with E-state index in [1.807, 2.05) is 0 Å². The third kappa shape index (κ3) is 2.56. The molecule has 0 aliphatic rings. The maximum absolute atomic E-state index is 13.9. The molecule has 0 aliphatic carbocycles. The van der Waals surface area contributed by atoms with E-state index in [2.05, 4.69) is 0 Å². The molecule has 2 aromatic rings. The third-order valence-electron chi connectivity index (χ3n) is 2.95. The molecule has 1 amide bonds. The summed E-state index contributed by atoms with van der Waals surface area (Å²) >= 11 is 0. The normalized spacial score (nSPS) is 10.2. The second kappa shape index (κ2) is 5.61. The van der Waals surface area contributed by atoms with Crippen molar-refractivity contribution in [2.75, 3.05) is 19.1 Å². The number of phenolic OH excluding ortho intramolecular Hbond substituents is 1. The van der Waals surface area contributed by atoms with Crippen LogP contribution in [0.2, 0.25) is 0 Å². The van der Waals surface area contributed by atoms with Gasteiger partial charge in [-0.15, -0.1) is 0 Å². The fourth-order valence-electron chi connectivity index (χ4n) is 1.84. The van der Waals surface area contributed by atoms with Gasteiger partial charge in [0.1, 0.15) is 22.9 Å². The van der Waals surface area contributed by atoms with Gasteiger partial charge in [0, 0.05) is 12.7 Å². The lowest BCUT2D eigenvalue weighted by Crippen LogP contribution is -2.27. The number of rotatable bonds is 3. The average molecular weight is 275 g/mol. The Morgan fingerprint density at radius 1 is 1.20 bits per heavy atom. The number of aromatic hydroxyl groups is 1. The van der Waals surface area contributed by atoms with Crippen LogP contribution in [-0.4, -0.2) is 25.2 Å². The number of carbonyl (C=O) groups is 1. The Labute approximate surface area is 116 Å². The molecule has 2 rings (SSSR count). The summed E-state index contributed by atoms with van der Waals surface area (Å²) < 4.78 is 18.9. The minimum Gasteiger partial charge on any atom is -0.508 e. The zero-order chi connectivity index (χ0) is 14.7. The first-order chi connectivity index (χ1) is 9.54. The van der Waals surface area contributed by atoms with E-state index in [0.29, 0.717) is 5.69 Å². The van der Waals surface area contributed by atoms with Crippen molar-refractivity contribution in [2.24, 2.45) is 0 Å². The number of carbonyl (C=O) groups excluding carboxylic acids is 1. The smallest absolute Gasteiger partial charge is 0.264 e. The first-order valence-electron chi connectivity index (χ1n) is 5.94. The summed E-state index contributed by atoms with van der Waals surface area (Å²) in [6, 6.07) is 10.3. The largest absolute Gasteiger partial charge is 0.508 e. The highest BCUT2D eigenvalue weighted by Crippen LogP contribution is 2.25. The summed E-state index contributed by atoms with van der Waals surface area (Å²) in [5.74, 6) is -0.885. The predicted molar refractivity (Wildman–Crippen MR) is 73.8 cm³/mol. The number of phenols is 1. The highest BCUT2D eigenvalue weighted by molar-refractivity contribution is 6.07. The molecule has 0 atom stereocenters. The Hall–Kier alpha value is -2.56. The molecule has 0 saturated carbocycles. The van der Waals surface area contributed by atoms with Crippen LogP contribution in [0.5, 0.6) is 11.5 Å². The SMILES string of the molecule is COc1cccc(F)c1C(=O)N(C)c1ccc(O)cc1. The quantitative estimate of drug-likeness (QED) is 0.937. The van der Waals surface area contributed by atoms with Crippen molar-refractivity contribution in [3.05, 3.63) is 53.8 Å². The molecule has 0 saturated heterocycles. The molecular formula is C15H14FNO3. The lowest BCUT2D eigenvalue weighted by molar-refractivity contribution is 0.0986. The van der Waals surface area contributed by atoms with Gasteiger partial charge in [-0.25, -0.2) is 4.39 Å². The molecule has 4 nitrogen and oxygen atoms in total. The van der Waals surface area contributed by atoms with Crippen LogP contribution in [0.1, 0.15) is 10.4 Å². The molecule has 0 bridgehead atoms. The minimum atomic E-state index is -0.639. The van der Waals surface area contributed by atoms with Crippen LogP contribution >= 0.6 is 0 Å². The van der Waals surface area contributed by atoms with Gasteiger partial charge in [-0.1, -0.05) is 6.07 Å². The van der Waals surface area contributed by atoms with E-state index in [-0.39, 0.29) is 17.1 Å². The van der Waals surface area contributed by atoms with E-state index in [1.165, 1.54) is 49.4 Å². The Bertz CT molecular complexity index is 626. The minimum absolute atomic E-state index is 0.0954. The van der Waals surface area contributed by atoms with E-state index in [0.717, 1.165) is 0 Å². The van der Waals surface area contributed by atoms with Crippen LogP contribution in [0.25, 0.3) is 0 Å².